The van der Waals surface area contributed by atoms with Gasteiger partial charge in [-0.05, 0) is 13.0 Å². The SMILES string of the molecule is C[C@](O)(CO)[C@H](O)COP(=O)([O-])OP(=O)([O-])OC[C@H]1O[C@@H](n2ccc(N)nc2=O)[C@H](O)[C@@H]1O. The Labute approximate surface area is 185 Å². The van der Waals surface area contributed by atoms with Gasteiger partial charge in [-0.15, -0.1) is 0 Å². The molecule has 2 heterocycles. The fraction of sp³-hybridized carbons (Fsp3) is 0.714. The molecule has 0 aromatic carbocycles. The van der Waals surface area contributed by atoms with Gasteiger partial charge in [-0.1, -0.05) is 0 Å². The van der Waals surface area contributed by atoms with Crippen LogP contribution in [-0.2, 0) is 27.2 Å². The van der Waals surface area contributed by atoms with Crippen LogP contribution in [0, 0.1) is 0 Å². The quantitative estimate of drug-likeness (QED) is 0.150. The molecule has 1 aromatic heterocycles. The molecule has 1 aliphatic rings. The fourth-order valence-electron chi connectivity index (χ4n) is 2.50. The number of ether oxygens (including phenoxy) is 1. The van der Waals surface area contributed by atoms with E-state index >= 15 is 0 Å². The van der Waals surface area contributed by atoms with Crippen molar-refractivity contribution < 1.29 is 62.5 Å². The first-order valence-corrected chi connectivity index (χ1v) is 12.0. The van der Waals surface area contributed by atoms with Crippen LogP contribution < -0.4 is 21.2 Å². The van der Waals surface area contributed by atoms with Crippen LogP contribution in [0.4, 0.5) is 5.82 Å². The molecule has 1 aliphatic heterocycles. The Morgan fingerprint density at radius 3 is 2.48 bits per heavy atom. The monoisotopic (exact) mass is 519 g/mol. The van der Waals surface area contributed by atoms with Crippen LogP contribution in [-0.4, -0.2) is 84.9 Å². The van der Waals surface area contributed by atoms with E-state index in [9.17, 15) is 44.1 Å². The molecule has 1 saturated heterocycles. The van der Waals surface area contributed by atoms with E-state index in [2.05, 4.69) is 18.3 Å². The maximum atomic E-state index is 11.9. The van der Waals surface area contributed by atoms with Gasteiger partial charge in [0.05, 0.1) is 19.8 Å². The Morgan fingerprint density at radius 1 is 1.30 bits per heavy atom. The van der Waals surface area contributed by atoms with Gasteiger partial charge in [0, 0.05) is 6.20 Å². The summed E-state index contributed by atoms with van der Waals surface area (Å²) in [5, 5.41) is 48.1. The minimum atomic E-state index is -5.64. The van der Waals surface area contributed by atoms with Crippen molar-refractivity contribution in [3.8, 4) is 0 Å². The summed E-state index contributed by atoms with van der Waals surface area (Å²) in [5.74, 6) is -0.120. The van der Waals surface area contributed by atoms with Crippen molar-refractivity contribution in [2.45, 2.75) is 43.2 Å². The van der Waals surface area contributed by atoms with Crippen LogP contribution in [0.3, 0.4) is 0 Å². The highest BCUT2D eigenvalue weighted by Crippen LogP contribution is 2.55. The lowest BCUT2D eigenvalue weighted by atomic mass is 10.0. The van der Waals surface area contributed by atoms with E-state index in [4.69, 9.17) is 15.6 Å². The number of aliphatic hydroxyl groups excluding tert-OH is 4. The molecule has 1 aromatic rings. The molecule has 0 spiro atoms. The topological polar surface area (TPSA) is 279 Å². The number of phosphoric ester groups is 2. The number of aromatic nitrogens is 2. The molecule has 0 radical (unpaired) electrons. The van der Waals surface area contributed by atoms with E-state index < -0.39 is 77.4 Å². The predicted molar refractivity (Wildman–Crippen MR) is 101 cm³/mol. The first-order chi connectivity index (χ1) is 15.1. The average Bonchev–Trinajstić information content (AvgIpc) is 2.98. The largest absolute Gasteiger partial charge is 0.756 e. The van der Waals surface area contributed by atoms with Gasteiger partial charge in [0.1, 0.15) is 35.8 Å². The lowest BCUT2D eigenvalue weighted by Crippen LogP contribution is -2.45. The van der Waals surface area contributed by atoms with Gasteiger partial charge >= 0.3 is 5.69 Å². The van der Waals surface area contributed by atoms with E-state index in [0.29, 0.717) is 0 Å². The molecule has 0 aliphatic carbocycles. The van der Waals surface area contributed by atoms with E-state index in [-0.39, 0.29) is 5.82 Å². The van der Waals surface area contributed by atoms with Crippen LogP contribution in [0.25, 0.3) is 0 Å². The summed E-state index contributed by atoms with van der Waals surface area (Å²) >= 11 is 0. The molecule has 8 atom stereocenters. The summed E-state index contributed by atoms with van der Waals surface area (Å²) < 4.78 is 41.8. The van der Waals surface area contributed by atoms with Crippen LogP contribution in [0.2, 0.25) is 0 Å². The Balaban J connectivity index is 1.96. The van der Waals surface area contributed by atoms with Crippen molar-refractivity contribution in [3.63, 3.8) is 0 Å². The molecule has 19 heteroatoms. The van der Waals surface area contributed by atoms with Crippen molar-refractivity contribution in [2.75, 3.05) is 25.6 Å². The standard InChI is InChI=1S/C14H25N3O14P2/c1-14(23,6-18)8(19)5-29-33(26,27)31-32(24,25)28-4-7-10(20)11(21)12(30-7)17-3-2-9(15)16-13(17)22/h2-3,7-8,10-12,18-21,23H,4-6H2,1H3,(H,24,25)(H,26,27)(H2,15,16,22)/p-2/t7-,8-,10-,11-,12-,14+/m1/s1. The predicted octanol–water partition coefficient (Wildman–Crippen LogP) is -4.46. The number of anilines is 1. The molecule has 1 fully saturated rings. The third-order valence-corrected chi connectivity index (χ3v) is 7.02. The third-order valence-electron chi connectivity index (χ3n) is 4.49. The summed E-state index contributed by atoms with van der Waals surface area (Å²) in [7, 11) is -11.3. The first kappa shape index (κ1) is 27.9. The normalized spacial score (nSPS) is 29.7. The second kappa shape index (κ2) is 10.5. The maximum Gasteiger partial charge on any atom is 0.351 e. The van der Waals surface area contributed by atoms with Crippen molar-refractivity contribution in [1.29, 1.82) is 0 Å². The minimum absolute atomic E-state index is 0.120. The van der Waals surface area contributed by atoms with Gasteiger partial charge in [-0.3, -0.25) is 13.7 Å². The highest BCUT2D eigenvalue weighted by molar-refractivity contribution is 7.59. The number of rotatable bonds is 11. The molecular weight excluding hydrogens is 496 g/mol. The van der Waals surface area contributed by atoms with E-state index in [1.165, 1.54) is 6.07 Å². The smallest absolute Gasteiger partial charge is 0.351 e. The van der Waals surface area contributed by atoms with Crippen LogP contribution in [0.5, 0.6) is 0 Å². The van der Waals surface area contributed by atoms with Gasteiger partial charge in [-0.2, -0.15) is 4.98 Å². The summed E-state index contributed by atoms with van der Waals surface area (Å²) in [4.78, 5) is 38.8. The number of hydrogen-bond acceptors (Lipinski definition) is 16. The Morgan fingerprint density at radius 2 is 1.91 bits per heavy atom. The first-order valence-electron chi connectivity index (χ1n) is 9.08. The fourth-order valence-corrected chi connectivity index (χ4v) is 4.51. The molecule has 2 unspecified atom stereocenters. The molecule has 2 rings (SSSR count). The van der Waals surface area contributed by atoms with Gasteiger partial charge < -0.3 is 54.8 Å². The lowest BCUT2D eigenvalue weighted by molar-refractivity contribution is -0.247. The zero-order valence-corrected chi connectivity index (χ0v) is 18.7. The van der Waals surface area contributed by atoms with Gasteiger partial charge in [-0.25, -0.2) is 9.11 Å². The molecule has 190 valence electrons. The van der Waals surface area contributed by atoms with Gasteiger partial charge in [0.15, 0.2) is 6.23 Å². The summed E-state index contributed by atoms with van der Waals surface area (Å²) in [6.07, 6.45) is -7.32. The highest BCUT2D eigenvalue weighted by atomic mass is 31.3. The molecule has 7 N–H and O–H groups in total. The van der Waals surface area contributed by atoms with Crippen molar-refractivity contribution >= 4 is 21.5 Å². The number of nitrogen functional groups attached to an aromatic ring is 1. The summed E-state index contributed by atoms with van der Waals surface area (Å²) in [5.41, 5.74) is 2.28. The number of nitrogens with zero attached hydrogens (tertiary/aromatic N) is 2. The Bertz CT molecular complexity index is 973. The average molecular weight is 519 g/mol. The third kappa shape index (κ3) is 7.34. The second-order valence-electron chi connectivity index (χ2n) is 7.19. The zero-order valence-electron chi connectivity index (χ0n) is 16.9. The number of aliphatic hydroxyl groups is 5. The minimum Gasteiger partial charge on any atom is -0.756 e. The molecular formula is C14H23N3O14P2-2. The van der Waals surface area contributed by atoms with Crippen molar-refractivity contribution in [1.82, 2.24) is 9.55 Å². The molecule has 0 saturated carbocycles. The molecule has 33 heavy (non-hydrogen) atoms. The molecule has 0 amide bonds. The summed E-state index contributed by atoms with van der Waals surface area (Å²) in [6, 6.07) is 1.20. The van der Waals surface area contributed by atoms with Crippen molar-refractivity contribution in [2.24, 2.45) is 0 Å². The zero-order chi connectivity index (χ0) is 25.2. The van der Waals surface area contributed by atoms with E-state index in [1.54, 1.807) is 0 Å². The van der Waals surface area contributed by atoms with Crippen LogP contribution in [0.15, 0.2) is 17.1 Å². The number of hydrogen-bond donors (Lipinski definition) is 6. The van der Waals surface area contributed by atoms with Gasteiger partial charge in [0.25, 0.3) is 15.6 Å². The number of phosphoric acid groups is 2. The van der Waals surface area contributed by atoms with Crippen LogP contribution >= 0.6 is 15.6 Å². The Kier molecular flexibility index (Phi) is 8.92. The maximum absolute atomic E-state index is 11.9. The molecule has 17 nitrogen and oxygen atoms in total. The summed E-state index contributed by atoms with van der Waals surface area (Å²) in [6.45, 7) is -2.19. The van der Waals surface area contributed by atoms with Crippen molar-refractivity contribution in [3.05, 3.63) is 22.7 Å². The van der Waals surface area contributed by atoms with Gasteiger partial charge in [0.2, 0.25) is 0 Å². The van der Waals surface area contributed by atoms with Crippen LogP contribution in [0.1, 0.15) is 13.2 Å². The van der Waals surface area contributed by atoms with E-state index in [1.807, 2.05) is 0 Å². The Hall–Kier alpha value is -1.30. The van der Waals surface area contributed by atoms with E-state index in [0.717, 1.165) is 17.7 Å². The number of nitrogens with two attached hydrogens (primary N) is 1. The highest BCUT2D eigenvalue weighted by Gasteiger charge is 2.45. The molecule has 0 bridgehead atoms. The lowest BCUT2D eigenvalue weighted by Gasteiger charge is -2.33. The second-order valence-corrected chi connectivity index (χ2v) is 10.1.